The molecule has 4 aromatic rings. The number of rotatable bonds is 3. The first-order valence-corrected chi connectivity index (χ1v) is 12.2. The number of fused-ring (bicyclic) bond motifs is 5. The van der Waals surface area contributed by atoms with Gasteiger partial charge in [0.2, 0.25) is 17.1 Å². The van der Waals surface area contributed by atoms with Crippen LogP contribution in [0.15, 0.2) is 24.3 Å². The summed E-state index contributed by atoms with van der Waals surface area (Å²) in [5, 5.41) is 7.85. The monoisotopic (exact) mass is 517 g/mol. The van der Waals surface area contributed by atoms with Gasteiger partial charge in [0.1, 0.15) is 4.88 Å². The zero-order chi connectivity index (χ0) is 24.2. The van der Waals surface area contributed by atoms with E-state index in [1.165, 1.54) is 16.2 Å². The van der Waals surface area contributed by atoms with Gasteiger partial charge in [0.05, 0.1) is 17.7 Å². The van der Waals surface area contributed by atoms with Crippen molar-refractivity contribution in [2.45, 2.75) is 18.8 Å². The molecular formula is C22H18ClF2N7O2S. The molecule has 0 atom stereocenters. The van der Waals surface area contributed by atoms with Crippen LogP contribution >= 0.6 is 22.9 Å². The number of pyridine rings is 1. The van der Waals surface area contributed by atoms with Crippen molar-refractivity contribution < 1.29 is 18.3 Å². The number of alkyl halides is 2. The summed E-state index contributed by atoms with van der Waals surface area (Å²) < 4.78 is 34.4. The van der Waals surface area contributed by atoms with Gasteiger partial charge in [0.15, 0.2) is 0 Å². The van der Waals surface area contributed by atoms with Crippen LogP contribution in [-0.4, -0.2) is 57.9 Å². The number of ether oxygens (including phenoxy) is 1. The lowest BCUT2D eigenvalue weighted by Crippen LogP contribution is -2.43. The molecule has 1 aromatic carbocycles. The largest absolute Gasteiger partial charge is 0.405 e. The van der Waals surface area contributed by atoms with Crippen LogP contribution < -0.4 is 20.3 Å². The number of anilines is 2. The molecule has 0 saturated carbocycles. The third kappa shape index (κ3) is 4.16. The van der Waals surface area contributed by atoms with Crippen molar-refractivity contribution in [3.05, 3.63) is 34.4 Å². The van der Waals surface area contributed by atoms with Crippen LogP contribution in [0.3, 0.4) is 0 Å². The van der Waals surface area contributed by atoms with Gasteiger partial charge in [-0.1, -0.05) is 0 Å². The average molecular weight is 518 g/mol. The van der Waals surface area contributed by atoms with Crippen LogP contribution in [0.5, 0.6) is 11.9 Å². The Labute approximate surface area is 206 Å². The molecule has 0 aliphatic carbocycles. The minimum absolute atomic E-state index is 0.0344. The second-order valence-electron chi connectivity index (χ2n) is 8.31. The Bertz CT molecular complexity index is 1480. The predicted octanol–water partition coefficient (Wildman–Crippen LogP) is 4.47. The first kappa shape index (κ1) is 22.1. The normalized spacial score (nSPS) is 17.6. The number of hydrogen-bond donors (Lipinski definition) is 2. The Morgan fingerprint density at radius 1 is 1.09 bits per heavy atom. The summed E-state index contributed by atoms with van der Waals surface area (Å²) in [4.78, 5) is 31.2. The van der Waals surface area contributed by atoms with Gasteiger partial charge < -0.3 is 20.3 Å². The van der Waals surface area contributed by atoms with Gasteiger partial charge in [-0.3, -0.25) is 4.79 Å². The van der Waals surface area contributed by atoms with Crippen molar-refractivity contribution in [3.8, 4) is 11.9 Å². The molecule has 1 saturated heterocycles. The Hall–Kier alpha value is -3.38. The van der Waals surface area contributed by atoms with E-state index in [1.54, 1.807) is 6.07 Å². The number of nitrogens with zero attached hydrogens (tertiary/aromatic N) is 5. The third-order valence-electron chi connectivity index (χ3n) is 5.86. The van der Waals surface area contributed by atoms with Crippen molar-refractivity contribution >= 4 is 61.5 Å². The Kier molecular flexibility index (Phi) is 5.29. The van der Waals surface area contributed by atoms with Crippen molar-refractivity contribution in [1.29, 1.82) is 0 Å². The van der Waals surface area contributed by atoms with Crippen LogP contribution in [-0.2, 0) is 0 Å². The van der Waals surface area contributed by atoms with E-state index in [-0.39, 0.29) is 35.5 Å². The van der Waals surface area contributed by atoms with Gasteiger partial charge in [-0.15, -0.1) is 11.3 Å². The standard InChI is InChI=1S/C22H18ClF2N7O2S/c23-19-29-20(32-9-1-6-22(24,25)10-32)31-21(30-19)34-14-5-2-11-12(28-14)3-4-13-15(11)16-17(35-13)18(33)27-8-7-26-16/h2-5,26H,1,6-10H2,(H,27,33). The van der Waals surface area contributed by atoms with Gasteiger partial charge in [0, 0.05) is 47.6 Å². The summed E-state index contributed by atoms with van der Waals surface area (Å²) in [7, 11) is 0. The van der Waals surface area contributed by atoms with E-state index in [1.807, 2.05) is 18.2 Å². The summed E-state index contributed by atoms with van der Waals surface area (Å²) >= 11 is 7.46. The van der Waals surface area contributed by atoms with E-state index in [0.29, 0.717) is 36.4 Å². The zero-order valence-electron chi connectivity index (χ0n) is 18.1. The molecule has 0 bridgehead atoms. The Balaban J connectivity index is 1.34. The summed E-state index contributed by atoms with van der Waals surface area (Å²) in [6, 6.07) is 7.14. The third-order valence-corrected chi connectivity index (χ3v) is 7.19. The molecule has 1 fully saturated rings. The first-order valence-electron chi connectivity index (χ1n) is 11.0. The molecule has 6 rings (SSSR count). The van der Waals surface area contributed by atoms with Gasteiger partial charge in [-0.05, 0) is 36.2 Å². The molecule has 0 unspecified atom stereocenters. The van der Waals surface area contributed by atoms with Crippen molar-refractivity contribution in [2.75, 3.05) is 36.4 Å². The van der Waals surface area contributed by atoms with Gasteiger partial charge in [-0.2, -0.15) is 15.0 Å². The number of carbonyl (C=O) groups excluding carboxylic acids is 1. The van der Waals surface area contributed by atoms with E-state index in [0.717, 1.165) is 21.2 Å². The molecule has 180 valence electrons. The van der Waals surface area contributed by atoms with E-state index in [4.69, 9.17) is 16.3 Å². The van der Waals surface area contributed by atoms with Crippen LogP contribution in [0, 0.1) is 0 Å². The van der Waals surface area contributed by atoms with Crippen LogP contribution in [0.1, 0.15) is 22.5 Å². The minimum atomic E-state index is -2.82. The highest BCUT2D eigenvalue weighted by molar-refractivity contribution is 7.21. The fourth-order valence-electron chi connectivity index (χ4n) is 4.35. The molecule has 2 aliphatic heterocycles. The molecule has 2 N–H and O–H groups in total. The number of nitrogens with one attached hydrogen (secondary N) is 2. The van der Waals surface area contributed by atoms with Gasteiger partial charge in [-0.25, -0.2) is 13.8 Å². The lowest BCUT2D eigenvalue weighted by atomic mass is 10.1. The van der Waals surface area contributed by atoms with Gasteiger partial charge >= 0.3 is 6.01 Å². The lowest BCUT2D eigenvalue weighted by Gasteiger charge is -2.32. The number of amides is 1. The van der Waals surface area contributed by atoms with E-state index in [2.05, 4.69) is 30.6 Å². The number of halogens is 3. The molecule has 13 heteroatoms. The molecule has 0 radical (unpaired) electrons. The number of hydrogen-bond acceptors (Lipinski definition) is 9. The number of thiophene rings is 1. The molecule has 0 spiro atoms. The molecule has 5 heterocycles. The molecule has 3 aromatic heterocycles. The second-order valence-corrected chi connectivity index (χ2v) is 9.70. The minimum Gasteiger partial charge on any atom is -0.405 e. The van der Waals surface area contributed by atoms with E-state index >= 15 is 0 Å². The van der Waals surface area contributed by atoms with Crippen molar-refractivity contribution in [3.63, 3.8) is 0 Å². The van der Waals surface area contributed by atoms with E-state index in [9.17, 15) is 13.6 Å². The predicted molar refractivity (Wildman–Crippen MR) is 129 cm³/mol. The highest BCUT2D eigenvalue weighted by Gasteiger charge is 2.36. The SMILES string of the molecule is O=C1NCCNc2c1sc1ccc3nc(Oc4nc(Cl)nc(N5CCCC(F)(F)C5)n4)ccc3c21. The van der Waals surface area contributed by atoms with Gasteiger partial charge in [0.25, 0.3) is 11.8 Å². The summed E-state index contributed by atoms with van der Waals surface area (Å²) in [6.45, 7) is 1.07. The molecule has 2 aliphatic rings. The summed E-state index contributed by atoms with van der Waals surface area (Å²) in [5.41, 5.74) is 1.45. The van der Waals surface area contributed by atoms with Crippen molar-refractivity contribution in [1.82, 2.24) is 25.3 Å². The van der Waals surface area contributed by atoms with Crippen LogP contribution in [0.25, 0.3) is 21.0 Å². The lowest BCUT2D eigenvalue weighted by molar-refractivity contribution is -0.0121. The van der Waals surface area contributed by atoms with Crippen LogP contribution in [0.4, 0.5) is 20.4 Å². The fraction of sp³-hybridized carbons (Fsp3) is 0.318. The first-order chi connectivity index (χ1) is 16.9. The highest BCUT2D eigenvalue weighted by Crippen LogP contribution is 2.41. The fourth-order valence-corrected chi connectivity index (χ4v) is 5.61. The average Bonchev–Trinajstić information content (AvgIpc) is 3.10. The number of aromatic nitrogens is 4. The topological polar surface area (TPSA) is 105 Å². The number of piperidine rings is 1. The van der Waals surface area contributed by atoms with Crippen LogP contribution in [0.2, 0.25) is 5.28 Å². The zero-order valence-corrected chi connectivity index (χ0v) is 19.7. The second kappa shape index (κ2) is 8.38. The van der Waals surface area contributed by atoms with Crippen molar-refractivity contribution in [2.24, 2.45) is 0 Å². The maximum Gasteiger partial charge on any atom is 0.329 e. The number of carbonyl (C=O) groups is 1. The maximum atomic E-state index is 13.9. The molecule has 9 nitrogen and oxygen atoms in total. The molecule has 1 amide bonds. The maximum absolute atomic E-state index is 13.9. The molecular weight excluding hydrogens is 500 g/mol. The smallest absolute Gasteiger partial charge is 0.329 e. The number of benzene rings is 1. The Morgan fingerprint density at radius 2 is 1.94 bits per heavy atom. The Morgan fingerprint density at radius 3 is 2.80 bits per heavy atom. The van der Waals surface area contributed by atoms with E-state index < -0.39 is 12.5 Å². The highest BCUT2D eigenvalue weighted by atomic mass is 35.5. The quantitative estimate of drug-likeness (QED) is 0.410. The summed E-state index contributed by atoms with van der Waals surface area (Å²) in [6.07, 6.45) is 0.142. The molecule has 35 heavy (non-hydrogen) atoms. The summed E-state index contributed by atoms with van der Waals surface area (Å²) in [5.74, 6) is -2.67.